The second-order valence-corrected chi connectivity index (χ2v) is 7.53. The van der Waals surface area contributed by atoms with Crippen LogP contribution in [0.2, 0.25) is 0 Å². The monoisotopic (exact) mass is 399 g/mol. The number of benzene rings is 3. The molecule has 4 rings (SSSR count). The molecule has 5 nitrogen and oxygen atoms in total. The first-order valence-electron chi connectivity index (χ1n) is 10.2. The highest BCUT2D eigenvalue weighted by molar-refractivity contribution is 6.08. The Kier molecular flexibility index (Phi) is 5.91. The molecule has 1 aliphatic heterocycles. The van der Waals surface area contributed by atoms with Crippen LogP contribution >= 0.6 is 0 Å². The fourth-order valence-electron chi connectivity index (χ4n) is 3.69. The van der Waals surface area contributed by atoms with Gasteiger partial charge in [0.2, 0.25) is 5.91 Å². The average molecular weight is 399 g/mol. The van der Waals surface area contributed by atoms with Crippen molar-refractivity contribution in [2.24, 2.45) is 0 Å². The SMILES string of the molecule is CN1CCN(C(=O)c2ccccc2NC(=O)C=Cc2cccc3ccccc23)CC1. The van der Waals surface area contributed by atoms with Gasteiger partial charge in [0.15, 0.2) is 0 Å². The van der Waals surface area contributed by atoms with Crippen molar-refractivity contribution in [3.05, 3.63) is 83.9 Å². The molecule has 5 heteroatoms. The third-order valence-corrected chi connectivity index (χ3v) is 5.44. The maximum atomic E-state index is 13.0. The molecule has 30 heavy (non-hydrogen) atoms. The van der Waals surface area contributed by atoms with E-state index in [2.05, 4.69) is 17.3 Å². The fourth-order valence-corrected chi connectivity index (χ4v) is 3.69. The Morgan fingerprint density at radius 1 is 0.867 bits per heavy atom. The van der Waals surface area contributed by atoms with Crippen molar-refractivity contribution in [3.63, 3.8) is 0 Å². The zero-order valence-corrected chi connectivity index (χ0v) is 17.0. The largest absolute Gasteiger partial charge is 0.336 e. The second-order valence-electron chi connectivity index (χ2n) is 7.53. The summed E-state index contributed by atoms with van der Waals surface area (Å²) >= 11 is 0. The molecule has 1 N–H and O–H groups in total. The van der Waals surface area contributed by atoms with Crippen LogP contribution in [0, 0.1) is 0 Å². The summed E-state index contributed by atoms with van der Waals surface area (Å²) in [5.74, 6) is -0.307. The first-order chi connectivity index (χ1) is 14.6. The minimum atomic E-state index is -0.262. The van der Waals surface area contributed by atoms with Gasteiger partial charge in [-0.1, -0.05) is 54.6 Å². The van der Waals surface area contributed by atoms with Crippen LogP contribution in [-0.2, 0) is 4.79 Å². The standard InChI is InChI=1S/C25H25N3O2/c1-27-15-17-28(18-16-27)25(30)22-11-4-5-12-23(22)26-24(29)14-13-20-9-6-8-19-7-2-3-10-21(19)20/h2-14H,15-18H2,1H3,(H,26,29). The van der Waals surface area contributed by atoms with Gasteiger partial charge in [-0.2, -0.15) is 0 Å². The minimum absolute atomic E-state index is 0.0444. The fraction of sp³-hybridized carbons (Fsp3) is 0.200. The minimum Gasteiger partial charge on any atom is -0.336 e. The number of piperazine rings is 1. The number of para-hydroxylation sites is 1. The Morgan fingerprint density at radius 2 is 1.57 bits per heavy atom. The number of rotatable bonds is 4. The number of amides is 2. The summed E-state index contributed by atoms with van der Waals surface area (Å²) in [5.41, 5.74) is 2.04. The Balaban J connectivity index is 1.50. The van der Waals surface area contributed by atoms with E-state index in [0.29, 0.717) is 24.3 Å². The topological polar surface area (TPSA) is 52.6 Å². The summed E-state index contributed by atoms with van der Waals surface area (Å²) in [4.78, 5) is 29.6. The highest BCUT2D eigenvalue weighted by atomic mass is 16.2. The van der Waals surface area contributed by atoms with E-state index in [4.69, 9.17) is 0 Å². The van der Waals surface area contributed by atoms with Gasteiger partial charge in [-0.25, -0.2) is 0 Å². The predicted molar refractivity (Wildman–Crippen MR) is 121 cm³/mol. The molecule has 0 unspecified atom stereocenters. The van der Waals surface area contributed by atoms with Crippen molar-refractivity contribution in [2.45, 2.75) is 0 Å². The normalized spacial score (nSPS) is 14.9. The Bertz CT molecular complexity index is 1090. The van der Waals surface area contributed by atoms with Crippen LogP contribution in [-0.4, -0.2) is 54.8 Å². The van der Waals surface area contributed by atoms with Crippen LogP contribution in [0.1, 0.15) is 15.9 Å². The second kappa shape index (κ2) is 8.93. The molecular formula is C25H25N3O2. The summed E-state index contributed by atoms with van der Waals surface area (Å²) in [6, 6.07) is 21.3. The lowest BCUT2D eigenvalue weighted by molar-refractivity contribution is -0.111. The van der Waals surface area contributed by atoms with Gasteiger partial charge in [-0.05, 0) is 41.6 Å². The molecule has 1 fully saturated rings. The summed E-state index contributed by atoms with van der Waals surface area (Å²) in [6.07, 6.45) is 3.32. The number of carbonyl (C=O) groups excluding carboxylic acids is 2. The van der Waals surface area contributed by atoms with Crippen molar-refractivity contribution in [2.75, 3.05) is 38.5 Å². The van der Waals surface area contributed by atoms with E-state index < -0.39 is 0 Å². The number of hydrogen-bond donors (Lipinski definition) is 1. The molecule has 1 aliphatic rings. The van der Waals surface area contributed by atoms with E-state index in [1.54, 1.807) is 12.1 Å². The van der Waals surface area contributed by atoms with E-state index >= 15 is 0 Å². The highest BCUT2D eigenvalue weighted by Crippen LogP contribution is 2.21. The molecule has 0 spiro atoms. The average Bonchev–Trinajstić information content (AvgIpc) is 2.78. The molecule has 0 bridgehead atoms. The maximum Gasteiger partial charge on any atom is 0.256 e. The first kappa shape index (κ1) is 19.9. The molecule has 0 atom stereocenters. The lowest BCUT2D eigenvalue weighted by atomic mass is 10.0. The van der Waals surface area contributed by atoms with Gasteiger partial charge in [0.1, 0.15) is 0 Å². The lowest BCUT2D eigenvalue weighted by Crippen LogP contribution is -2.47. The first-order valence-corrected chi connectivity index (χ1v) is 10.2. The van der Waals surface area contributed by atoms with Crippen molar-refractivity contribution < 1.29 is 9.59 Å². The highest BCUT2D eigenvalue weighted by Gasteiger charge is 2.22. The van der Waals surface area contributed by atoms with Crippen LogP contribution in [0.3, 0.4) is 0 Å². The van der Waals surface area contributed by atoms with Crippen molar-refractivity contribution >= 4 is 34.4 Å². The van der Waals surface area contributed by atoms with Crippen LogP contribution in [0.15, 0.2) is 72.8 Å². The third kappa shape index (κ3) is 4.42. The summed E-state index contributed by atoms with van der Waals surface area (Å²) < 4.78 is 0. The zero-order valence-electron chi connectivity index (χ0n) is 17.0. The Hall–Kier alpha value is -3.44. The summed E-state index contributed by atoms with van der Waals surface area (Å²) in [7, 11) is 2.05. The van der Waals surface area contributed by atoms with Gasteiger partial charge >= 0.3 is 0 Å². The van der Waals surface area contributed by atoms with E-state index in [9.17, 15) is 9.59 Å². The van der Waals surface area contributed by atoms with Crippen molar-refractivity contribution in [1.29, 1.82) is 0 Å². The molecule has 3 aromatic rings. The van der Waals surface area contributed by atoms with Crippen LogP contribution in [0.25, 0.3) is 16.8 Å². The van der Waals surface area contributed by atoms with Crippen LogP contribution in [0.4, 0.5) is 5.69 Å². The number of nitrogens with zero attached hydrogens (tertiary/aromatic N) is 2. The maximum absolute atomic E-state index is 13.0. The summed E-state index contributed by atoms with van der Waals surface area (Å²) in [6.45, 7) is 3.10. The summed E-state index contributed by atoms with van der Waals surface area (Å²) in [5, 5.41) is 5.09. The molecule has 2 amide bonds. The number of nitrogens with one attached hydrogen (secondary N) is 1. The Morgan fingerprint density at radius 3 is 2.40 bits per heavy atom. The predicted octanol–water partition coefficient (Wildman–Crippen LogP) is 3.88. The molecule has 0 aromatic heterocycles. The molecular weight excluding hydrogens is 374 g/mol. The molecule has 152 valence electrons. The molecule has 0 aliphatic carbocycles. The van der Waals surface area contributed by atoms with Crippen molar-refractivity contribution in [3.8, 4) is 0 Å². The number of hydrogen-bond acceptors (Lipinski definition) is 3. The number of anilines is 1. The van der Waals surface area contributed by atoms with Crippen LogP contribution < -0.4 is 5.32 Å². The van der Waals surface area contributed by atoms with E-state index in [0.717, 1.165) is 29.4 Å². The third-order valence-electron chi connectivity index (χ3n) is 5.44. The zero-order chi connectivity index (χ0) is 20.9. The molecule has 1 heterocycles. The van der Waals surface area contributed by atoms with Crippen molar-refractivity contribution in [1.82, 2.24) is 9.80 Å². The molecule has 1 saturated heterocycles. The smallest absolute Gasteiger partial charge is 0.256 e. The van der Waals surface area contributed by atoms with Gasteiger partial charge < -0.3 is 15.1 Å². The Labute approximate surface area is 176 Å². The number of likely N-dealkylation sites (N-methyl/N-ethyl adjacent to an activating group) is 1. The van der Waals surface area contributed by atoms with Gasteiger partial charge in [0, 0.05) is 32.3 Å². The number of carbonyl (C=O) groups is 2. The lowest BCUT2D eigenvalue weighted by Gasteiger charge is -2.32. The number of fused-ring (bicyclic) bond motifs is 1. The molecule has 0 saturated carbocycles. The van der Waals surface area contributed by atoms with E-state index in [1.165, 1.54) is 6.08 Å². The van der Waals surface area contributed by atoms with Gasteiger partial charge in [0.25, 0.3) is 5.91 Å². The molecule has 0 radical (unpaired) electrons. The molecule has 3 aromatic carbocycles. The van der Waals surface area contributed by atoms with Crippen LogP contribution in [0.5, 0.6) is 0 Å². The van der Waals surface area contributed by atoms with Gasteiger partial charge in [-0.3, -0.25) is 9.59 Å². The van der Waals surface area contributed by atoms with E-state index in [1.807, 2.05) is 65.6 Å². The quantitative estimate of drug-likeness (QED) is 0.678. The van der Waals surface area contributed by atoms with Gasteiger partial charge in [0.05, 0.1) is 11.3 Å². The van der Waals surface area contributed by atoms with Gasteiger partial charge in [-0.15, -0.1) is 0 Å². The van der Waals surface area contributed by atoms with E-state index in [-0.39, 0.29) is 11.8 Å².